The zero-order valence-corrected chi connectivity index (χ0v) is 15.8. The molecule has 3 heterocycles. The van der Waals surface area contributed by atoms with Crippen LogP contribution in [0.5, 0.6) is 0 Å². The Bertz CT molecular complexity index is 1020. The van der Waals surface area contributed by atoms with E-state index >= 15 is 0 Å². The molecule has 0 aliphatic carbocycles. The van der Waals surface area contributed by atoms with Gasteiger partial charge in [0.2, 0.25) is 0 Å². The van der Waals surface area contributed by atoms with Crippen molar-refractivity contribution in [3.63, 3.8) is 0 Å². The van der Waals surface area contributed by atoms with Crippen molar-refractivity contribution < 1.29 is 4.79 Å². The van der Waals surface area contributed by atoms with Crippen LogP contribution in [0.2, 0.25) is 0 Å². The first-order chi connectivity index (χ1) is 13.8. The van der Waals surface area contributed by atoms with Crippen LogP contribution in [0.4, 0.5) is 5.69 Å². The Hall–Kier alpha value is -2.98. The molecular formula is C24H23N3O. The quantitative estimate of drug-likeness (QED) is 0.745. The summed E-state index contributed by atoms with van der Waals surface area (Å²) in [5.74, 6) is 0.377. The number of rotatable bonds is 2. The third kappa shape index (κ3) is 3.00. The monoisotopic (exact) mass is 369 g/mol. The molecule has 4 heteroatoms. The predicted octanol–water partition coefficient (Wildman–Crippen LogP) is 3.91. The summed E-state index contributed by atoms with van der Waals surface area (Å²) in [4.78, 5) is 19.8. The summed E-state index contributed by atoms with van der Waals surface area (Å²) in [5.41, 5.74) is 6.50. The number of hydrogen-bond acceptors (Lipinski definition) is 3. The molecule has 4 nitrogen and oxygen atoms in total. The van der Waals surface area contributed by atoms with Gasteiger partial charge in [0.05, 0.1) is 11.3 Å². The fourth-order valence-electron chi connectivity index (χ4n) is 4.42. The second-order valence-electron chi connectivity index (χ2n) is 7.52. The topological polar surface area (TPSA) is 45.2 Å². The molecule has 140 valence electrons. The van der Waals surface area contributed by atoms with Gasteiger partial charge in [0.15, 0.2) is 0 Å². The lowest BCUT2D eigenvalue weighted by Crippen LogP contribution is -2.37. The Kier molecular flexibility index (Phi) is 4.41. The molecule has 0 fully saturated rings. The molecular weight excluding hydrogens is 346 g/mol. The number of anilines is 1. The molecule has 0 saturated carbocycles. The lowest BCUT2D eigenvalue weighted by atomic mass is 9.84. The smallest absolute Gasteiger partial charge is 0.259 e. The minimum Gasteiger partial charge on any atom is -0.311 e. The van der Waals surface area contributed by atoms with Gasteiger partial charge in [0.1, 0.15) is 0 Å². The van der Waals surface area contributed by atoms with E-state index in [2.05, 4.69) is 52.8 Å². The zero-order valence-electron chi connectivity index (χ0n) is 15.8. The van der Waals surface area contributed by atoms with Gasteiger partial charge in [-0.1, -0.05) is 48.5 Å². The molecule has 0 spiro atoms. The van der Waals surface area contributed by atoms with Gasteiger partial charge >= 0.3 is 0 Å². The van der Waals surface area contributed by atoms with Crippen LogP contribution in [0.1, 0.15) is 45.1 Å². The number of amides is 1. The predicted molar refractivity (Wildman–Crippen MR) is 111 cm³/mol. The minimum atomic E-state index is 0.0489. The molecule has 1 amide bonds. The lowest BCUT2D eigenvalue weighted by Gasteiger charge is -2.34. The number of carbonyl (C=O) groups excluding carboxylic acids is 1. The number of fused-ring (bicyclic) bond motifs is 2. The summed E-state index contributed by atoms with van der Waals surface area (Å²) in [6, 6.07) is 20.9. The summed E-state index contributed by atoms with van der Waals surface area (Å²) >= 11 is 0. The zero-order chi connectivity index (χ0) is 18.9. The van der Waals surface area contributed by atoms with E-state index in [0.717, 1.165) is 37.3 Å². The number of hydrogen-bond donors (Lipinski definition) is 1. The molecule has 3 aromatic rings. The van der Waals surface area contributed by atoms with E-state index in [-0.39, 0.29) is 5.91 Å². The van der Waals surface area contributed by atoms with Crippen LogP contribution in [-0.2, 0) is 13.0 Å². The Morgan fingerprint density at radius 2 is 1.89 bits per heavy atom. The summed E-state index contributed by atoms with van der Waals surface area (Å²) in [6.07, 6.45) is 3.59. The van der Waals surface area contributed by atoms with E-state index in [9.17, 15) is 4.79 Å². The maximum absolute atomic E-state index is 13.4. The third-order valence-electron chi connectivity index (χ3n) is 5.86. The molecule has 1 atom stereocenters. The normalized spacial score (nSPS) is 18.3. The first-order valence-corrected chi connectivity index (χ1v) is 9.95. The maximum atomic E-state index is 13.4. The van der Waals surface area contributed by atoms with Crippen LogP contribution in [0.15, 0.2) is 66.9 Å². The van der Waals surface area contributed by atoms with Gasteiger partial charge in [-0.05, 0) is 48.2 Å². The summed E-state index contributed by atoms with van der Waals surface area (Å²) in [6.45, 7) is 2.45. The highest BCUT2D eigenvalue weighted by atomic mass is 16.2. The largest absolute Gasteiger partial charge is 0.311 e. The number of aromatic nitrogens is 1. The average Bonchev–Trinajstić information content (AvgIpc) is 2.78. The van der Waals surface area contributed by atoms with Crippen LogP contribution in [0.3, 0.4) is 0 Å². The van der Waals surface area contributed by atoms with E-state index in [0.29, 0.717) is 18.0 Å². The molecule has 0 bridgehead atoms. The number of carbonyl (C=O) groups is 1. The SMILES string of the molecule is O=C(c1cnc2c(c1)CCNC2)N1CCC(c2ccccc2)c2ccccc21. The van der Waals surface area contributed by atoms with E-state index in [1.165, 1.54) is 16.7 Å². The summed E-state index contributed by atoms with van der Waals surface area (Å²) < 4.78 is 0. The van der Waals surface area contributed by atoms with Crippen LogP contribution in [0.25, 0.3) is 0 Å². The van der Waals surface area contributed by atoms with Crippen molar-refractivity contribution in [1.29, 1.82) is 0 Å². The van der Waals surface area contributed by atoms with Gasteiger partial charge in [-0.15, -0.1) is 0 Å². The summed E-state index contributed by atoms with van der Waals surface area (Å²) in [5, 5.41) is 3.33. The van der Waals surface area contributed by atoms with Crippen molar-refractivity contribution in [2.45, 2.75) is 25.3 Å². The highest BCUT2D eigenvalue weighted by molar-refractivity contribution is 6.06. The van der Waals surface area contributed by atoms with Crippen molar-refractivity contribution in [2.24, 2.45) is 0 Å². The van der Waals surface area contributed by atoms with E-state index in [1.807, 2.05) is 23.1 Å². The molecule has 2 aliphatic rings. The van der Waals surface area contributed by atoms with Crippen LogP contribution < -0.4 is 10.2 Å². The van der Waals surface area contributed by atoms with E-state index in [1.54, 1.807) is 6.20 Å². The van der Waals surface area contributed by atoms with E-state index in [4.69, 9.17) is 0 Å². The highest BCUT2D eigenvalue weighted by Gasteiger charge is 2.30. The first-order valence-electron chi connectivity index (χ1n) is 9.95. The molecule has 0 radical (unpaired) electrons. The number of para-hydroxylation sites is 1. The number of nitrogens with zero attached hydrogens (tertiary/aromatic N) is 2. The molecule has 2 aliphatic heterocycles. The Morgan fingerprint density at radius 1 is 1.07 bits per heavy atom. The number of nitrogens with one attached hydrogen (secondary N) is 1. The van der Waals surface area contributed by atoms with Crippen molar-refractivity contribution >= 4 is 11.6 Å². The van der Waals surface area contributed by atoms with Crippen LogP contribution >= 0.6 is 0 Å². The maximum Gasteiger partial charge on any atom is 0.259 e. The van der Waals surface area contributed by atoms with Crippen molar-refractivity contribution in [1.82, 2.24) is 10.3 Å². The van der Waals surface area contributed by atoms with Gasteiger partial charge in [-0.25, -0.2) is 0 Å². The van der Waals surface area contributed by atoms with Gasteiger partial charge in [0, 0.05) is 30.9 Å². The lowest BCUT2D eigenvalue weighted by molar-refractivity contribution is 0.0984. The number of benzene rings is 2. The Morgan fingerprint density at radius 3 is 2.79 bits per heavy atom. The molecule has 1 unspecified atom stereocenters. The highest BCUT2D eigenvalue weighted by Crippen LogP contribution is 2.39. The van der Waals surface area contributed by atoms with Gasteiger partial charge in [0.25, 0.3) is 5.91 Å². The van der Waals surface area contributed by atoms with Crippen molar-refractivity contribution in [3.8, 4) is 0 Å². The number of pyridine rings is 1. The second-order valence-corrected chi connectivity index (χ2v) is 7.52. The van der Waals surface area contributed by atoms with Crippen molar-refractivity contribution in [3.05, 3.63) is 94.8 Å². The third-order valence-corrected chi connectivity index (χ3v) is 5.86. The fourth-order valence-corrected chi connectivity index (χ4v) is 4.42. The van der Waals surface area contributed by atoms with Crippen LogP contribution in [-0.4, -0.2) is 24.0 Å². The van der Waals surface area contributed by atoms with E-state index < -0.39 is 0 Å². The Labute approximate surface area is 165 Å². The van der Waals surface area contributed by atoms with Gasteiger partial charge in [-0.2, -0.15) is 0 Å². The average molecular weight is 369 g/mol. The molecule has 5 rings (SSSR count). The molecule has 2 aromatic carbocycles. The van der Waals surface area contributed by atoms with Gasteiger partial charge < -0.3 is 10.2 Å². The minimum absolute atomic E-state index is 0.0489. The first kappa shape index (κ1) is 17.1. The molecule has 0 saturated heterocycles. The summed E-state index contributed by atoms with van der Waals surface area (Å²) in [7, 11) is 0. The molecule has 1 N–H and O–H groups in total. The second kappa shape index (κ2) is 7.21. The molecule has 1 aromatic heterocycles. The van der Waals surface area contributed by atoms with Crippen molar-refractivity contribution in [2.75, 3.05) is 18.0 Å². The standard InChI is InChI=1S/C24H23N3O/c28-24(19-14-18-10-12-25-16-22(18)26-15-19)27-13-11-20(17-6-2-1-3-7-17)21-8-4-5-9-23(21)27/h1-9,14-15,20,25H,10-13,16H2. The molecule has 28 heavy (non-hydrogen) atoms. The Balaban J connectivity index is 1.49. The van der Waals surface area contributed by atoms with Crippen LogP contribution in [0, 0.1) is 0 Å². The van der Waals surface area contributed by atoms with Gasteiger partial charge in [-0.3, -0.25) is 9.78 Å². The fraction of sp³-hybridized carbons (Fsp3) is 0.250.